The van der Waals surface area contributed by atoms with Crippen molar-refractivity contribution in [3.8, 4) is 5.82 Å². The van der Waals surface area contributed by atoms with E-state index in [0.717, 1.165) is 22.8 Å². The molecular formula is C23H28N6O3. The summed E-state index contributed by atoms with van der Waals surface area (Å²) in [5, 5.41) is 7.48. The van der Waals surface area contributed by atoms with Gasteiger partial charge in [-0.05, 0) is 57.0 Å². The van der Waals surface area contributed by atoms with E-state index in [0.29, 0.717) is 36.5 Å². The number of anilines is 2. The van der Waals surface area contributed by atoms with Crippen molar-refractivity contribution in [2.45, 2.75) is 33.6 Å². The van der Waals surface area contributed by atoms with Crippen LogP contribution < -0.4 is 10.2 Å². The molecule has 9 heteroatoms. The first-order chi connectivity index (χ1) is 15.3. The fourth-order valence-corrected chi connectivity index (χ4v) is 3.32. The molecule has 0 atom stereocenters. The van der Waals surface area contributed by atoms with Crippen LogP contribution in [0.1, 0.15) is 40.7 Å². The highest BCUT2D eigenvalue weighted by Gasteiger charge is 2.16. The van der Waals surface area contributed by atoms with Gasteiger partial charge in [0.2, 0.25) is 5.91 Å². The molecule has 2 aromatic heterocycles. The third-order valence-electron chi connectivity index (χ3n) is 5.04. The molecule has 0 aliphatic rings. The van der Waals surface area contributed by atoms with Gasteiger partial charge in [-0.3, -0.25) is 4.79 Å². The molecule has 0 radical (unpaired) electrons. The predicted molar refractivity (Wildman–Crippen MR) is 122 cm³/mol. The Morgan fingerprint density at radius 2 is 1.84 bits per heavy atom. The Bertz CT molecular complexity index is 1110. The van der Waals surface area contributed by atoms with Gasteiger partial charge in [-0.2, -0.15) is 5.10 Å². The standard InChI is InChI=1S/C23H28N6O3/c1-6-32-23(31)17-7-9-18(10-8-17)26-22(30)12-11-19-15(2)27-29(16(19)3)21-13-20(28(4)5)24-14-25-21/h7-10,13-14H,6,11-12H2,1-5H3,(H,26,30). The Kier molecular flexibility index (Phi) is 7.19. The molecule has 2 heterocycles. The summed E-state index contributed by atoms with van der Waals surface area (Å²) >= 11 is 0. The molecule has 1 aromatic carbocycles. The Labute approximate surface area is 187 Å². The molecule has 0 bridgehead atoms. The van der Waals surface area contributed by atoms with Crippen molar-refractivity contribution in [2.24, 2.45) is 0 Å². The normalized spacial score (nSPS) is 10.7. The topological polar surface area (TPSA) is 102 Å². The summed E-state index contributed by atoms with van der Waals surface area (Å²) in [5.74, 6) is 0.978. The summed E-state index contributed by atoms with van der Waals surface area (Å²) < 4.78 is 6.75. The molecule has 32 heavy (non-hydrogen) atoms. The van der Waals surface area contributed by atoms with Gasteiger partial charge < -0.3 is 15.0 Å². The van der Waals surface area contributed by atoms with E-state index >= 15 is 0 Å². The van der Waals surface area contributed by atoms with Crippen LogP contribution in [-0.2, 0) is 16.0 Å². The third kappa shape index (κ3) is 5.29. The van der Waals surface area contributed by atoms with Crippen molar-refractivity contribution in [3.05, 3.63) is 59.2 Å². The van der Waals surface area contributed by atoms with Crippen LogP contribution in [0.2, 0.25) is 0 Å². The number of esters is 1. The van der Waals surface area contributed by atoms with Gasteiger partial charge in [-0.1, -0.05) is 0 Å². The molecule has 9 nitrogen and oxygen atoms in total. The lowest BCUT2D eigenvalue weighted by atomic mass is 10.1. The number of amides is 1. The highest BCUT2D eigenvalue weighted by Crippen LogP contribution is 2.20. The van der Waals surface area contributed by atoms with Crippen molar-refractivity contribution in [1.82, 2.24) is 19.7 Å². The maximum absolute atomic E-state index is 12.5. The van der Waals surface area contributed by atoms with Crippen molar-refractivity contribution in [3.63, 3.8) is 0 Å². The van der Waals surface area contributed by atoms with Gasteiger partial charge in [0, 0.05) is 38.0 Å². The second-order valence-electron chi connectivity index (χ2n) is 7.54. The largest absolute Gasteiger partial charge is 0.462 e. The summed E-state index contributed by atoms with van der Waals surface area (Å²) in [6.45, 7) is 5.98. The van der Waals surface area contributed by atoms with Crippen LogP contribution in [0.5, 0.6) is 0 Å². The number of carbonyl (C=O) groups excluding carboxylic acids is 2. The minimum atomic E-state index is -0.380. The first kappa shape index (κ1) is 22.9. The average molecular weight is 437 g/mol. The molecule has 0 saturated heterocycles. The SMILES string of the molecule is CCOC(=O)c1ccc(NC(=O)CCc2c(C)nn(-c3cc(N(C)C)ncn3)c2C)cc1. The van der Waals surface area contributed by atoms with E-state index in [4.69, 9.17) is 4.74 Å². The molecule has 0 spiro atoms. The van der Waals surface area contributed by atoms with E-state index in [1.54, 1.807) is 35.9 Å². The van der Waals surface area contributed by atoms with Gasteiger partial charge in [0.05, 0.1) is 17.9 Å². The zero-order chi connectivity index (χ0) is 23.3. The van der Waals surface area contributed by atoms with Crippen LogP contribution in [0.4, 0.5) is 11.5 Å². The second kappa shape index (κ2) is 10.0. The van der Waals surface area contributed by atoms with Gasteiger partial charge in [-0.25, -0.2) is 19.4 Å². The molecule has 0 saturated carbocycles. The number of hydrogen-bond donors (Lipinski definition) is 1. The van der Waals surface area contributed by atoms with Crippen LogP contribution in [0.15, 0.2) is 36.7 Å². The number of aromatic nitrogens is 4. The van der Waals surface area contributed by atoms with E-state index in [1.807, 2.05) is 38.9 Å². The van der Waals surface area contributed by atoms with Gasteiger partial charge in [0.1, 0.15) is 12.1 Å². The summed E-state index contributed by atoms with van der Waals surface area (Å²) in [4.78, 5) is 34.7. The number of hydrogen-bond acceptors (Lipinski definition) is 7. The van der Waals surface area contributed by atoms with Crippen molar-refractivity contribution >= 4 is 23.4 Å². The fourth-order valence-electron chi connectivity index (χ4n) is 3.32. The Morgan fingerprint density at radius 3 is 2.50 bits per heavy atom. The minimum absolute atomic E-state index is 0.114. The molecule has 3 aromatic rings. The van der Waals surface area contributed by atoms with Crippen LogP contribution in [0, 0.1) is 13.8 Å². The first-order valence-corrected chi connectivity index (χ1v) is 10.4. The van der Waals surface area contributed by atoms with Crippen LogP contribution >= 0.6 is 0 Å². The van der Waals surface area contributed by atoms with E-state index in [9.17, 15) is 9.59 Å². The maximum atomic E-state index is 12.5. The van der Waals surface area contributed by atoms with Gasteiger partial charge in [0.15, 0.2) is 5.82 Å². The molecule has 0 aliphatic carbocycles. The minimum Gasteiger partial charge on any atom is -0.462 e. The molecule has 1 amide bonds. The second-order valence-corrected chi connectivity index (χ2v) is 7.54. The van der Waals surface area contributed by atoms with Crippen molar-refractivity contribution in [2.75, 3.05) is 30.9 Å². The van der Waals surface area contributed by atoms with Gasteiger partial charge in [0.25, 0.3) is 0 Å². The van der Waals surface area contributed by atoms with Gasteiger partial charge >= 0.3 is 5.97 Å². The van der Waals surface area contributed by atoms with E-state index in [1.165, 1.54) is 6.33 Å². The monoisotopic (exact) mass is 436 g/mol. The number of benzene rings is 1. The molecular weight excluding hydrogens is 408 g/mol. The Morgan fingerprint density at radius 1 is 1.12 bits per heavy atom. The molecule has 168 valence electrons. The van der Waals surface area contributed by atoms with Crippen molar-refractivity contribution < 1.29 is 14.3 Å². The lowest BCUT2D eigenvalue weighted by Crippen LogP contribution is -2.13. The number of nitrogens with one attached hydrogen (secondary N) is 1. The number of rotatable bonds is 8. The lowest BCUT2D eigenvalue weighted by Gasteiger charge is -2.12. The predicted octanol–water partition coefficient (Wildman–Crippen LogP) is 3.09. The lowest BCUT2D eigenvalue weighted by molar-refractivity contribution is -0.116. The quantitative estimate of drug-likeness (QED) is 0.541. The summed E-state index contributed by atoms with van der Waals surface area (Å²) in [7, 11) is 3.84. The maximum Gasteiger partial charge on any atom is 0.338 e. The van der Waals surface area contributed by atoms with Crippen LogP contribution in [0.3, 0.4) is 0 Å². The number of aryl methyl sites for hydroxylation is 1. The zero-order valence-electron chi connectivity index (χ0n) is 19.0. The van der Waals surface area contributed by atoms with Gasteiger partial charge in [-0.15, -0.1) is 0 Å². The highest BCUT2D eigenvalue weighted by molar-refractivity contribution is 5.93. The molecule has 3 rings (SSSR count). The summed E-state index contributed by atoms with van der Waals surface area (Å²) in [6.07, 6.45) is 2.37. The summed E-state index contributed by atoms with van der Waals surface area (Å²) in [5.41, 5.74) is 3.90. The molecule has 1 N–H and O–H groups in total. The molecule has 0 unspecified atom stereocenters. The highest BCUT2D eigenvalue weighted by atomic mass is 16.5. The summed E-state index contributed by atoms with van der Waals surface area (Å²) in [6, 6.07) is 8.52. The van der Waals surface area contributed by atoms with Crippen LogP contribution in [-0.4, -0.2) is 52.3 Å². The van der Waals surface area contributed by atoms with Crippen LogP contribution in [0.25, 0.3) is 5.82 Å². The van der Waals surface area contributed by atoms with E-state index in [-0.39, 0.29) is 11.9 Å². The third-order valence-corrected chi connectivity index (χ3v) is 5.04. The Balaban J connectivity index is 1.65. The number of carbonyl (C=O) groups is 2. The van der Waals surface area contributed by atoms with E-state index < -0.39 is 0 Å². The Hall–Kier alpha value is -3.75. The van der Waals surface area contributed by atoms with Crippen molar-refractivity contribution in [1.29, 1.82) is 0 Å². The van der Waals surface area contributed by atoms with E-state index in [2.05, 4.69) is 20.4 Å². The number of ether oxygens (including phenoxy) is 1. The fraction of sp³-hybridized carbons (Fsp3) is 0.348. The zero-order valence-corrected chi connectivity index (χ0v) is 19.0. The molecule has 0 aliphatic heterocycles. The first-order valence-electron chi connectivity index (χ1n) is 10.4. The number of nitrogens with zero attached hydrogens (tertiary/aromatic N) is 5. The smallest absolute Gasteiger partial charge is 0.338 e. The molecule has 0 fully saturated rings. The average Bonchev–Trinajstić information content (AvgIpc) is 3.06.